The molecule has 0 unspecified atom stereocenters. The lowest BCUT2D eigenvalue weighted by Crippen LogP contribution is -2.46. The van der Waals surface area contributed by atoms with E-state index < -0.39 is 0 Å². The lowest BCUT2D eigenvalue weighted by molar-refractivity contribution is 0.0736. The van der Waals surface area contributed by atoms with Crippen LogP contribution in [0, 0.1) is 0 Å². The maximum absolute atomic E-state index is 12.2. The molecular formula is C15H22N2O2. The van der Waals surface area contributed by atoms with Crippen LogP contribution >= 0.6 is 0 Å². The Kier molecular flexibility index (Phi) is 5.21. The van der Waals surface area contributed by atoms with Crippen LogP contribution in [0.15, 0.2) is 24.3 Å². The van der Waals surface area contributed by atoms with Crippen LogP contribution in [-0.2, 0) is 0 Å². The summed E-state index contributed by atoms with van der Waals surface area (Å²) in [7, 11) is 0. The number of nitrogens with zero attached hydrogens (tertiary/aromatic N) is 1. The zero-order valence-corrected chi connectivity index (χ0v) is 11.5. The van der Waals surface area contributed by atoms with Gasteiger partial charge in [0, 0.05) is 31.7 Å². The van der Waals surface area contributed by atoms with E-state index in [1.807, 2.05) is 29.2 Å². The number of carbonyl (C=O) groups is 1. The van der Waals surface area contributed by atoms with Crippen molar-refractivity contribution in [3.63, 3.8) is 0 Å². The number of piperazine rings is 1. The zero-order valence-electron chi connectivity index (χ0n) is 11.5. The summed E-state index contributed by atoms with van der Waals surface area (Å²) in [6.07, 6.45) is 2.18. The SMILES string of the molecule is CCCCOc1ccc(C(=O)N2CCNCC2)cc1. The molecule has 1 fully saturated rings. The highest BCUT2D eigenvalue weighted by atomic mass is 16.5. The van der Waals surface area contributed by atoms with E-state index in [2.05, 4.69) is 12.2 Å². The van der Waals surface area contributed by atoms with E-state index in [4.69, 9.17) is 4.74 Å². The van der Waals surface area contributed by atoms with Crippen molar-refractivity contribution >= 4 is 5.91 Å². The third-order valence-electron chi connectivity index (χ3n) is 3.27. The quantitative estimate of drug-likeness (QED) is 0.824. The van der Waals surface area contributed by atoms with Crippen molar-refractivity contribution in [2.75, 3.05) is 32.8 Å². The second-order valence-electron chi connectivity index (χ2n) is 4.77. The van der Waals surface area contributed by atoms with E-state index in [0.29, 0.717) is 0 Å². The number of unbranched alkanes of at least 4 members (excludes halogenated alkanes) is 1. The van der Waals surface area contributed by atoms with Gasteiger partial charge in [-0.3, -0.25) is 4.79 Å². The minimum absolute atomic E-state index is 0.113. The van der Waals surface area contributed by atoms with Gasteiger partial charge in [-0.1, -0.05) is 13.3 Å². The molecule has 0 bridgehead atoms. The van der Waals surface area contributed by atoms with Crippen molar-refractivity contribution in [1.29, 1.82) is 0 Å². The van der Waals surface area contributed by atoms with Gasteiger partial charge in [-0.2, -0.15) is 0 Å². The molecule has 1 aliphatic rings. The largest absolute Gasteiger partial charge is 0.494 e. The summed E-state index contributed by atoms with van der Waals surface area (Å²) >= 11 is 0. The second kappa shape index (κ2) is 7.14. The summed E-state index contributed by atoms with van der Waals surface area (Å²) in [4.78, 5) is 14.1. The molecule has 1 saturated heterocycles. The minimum Gasteiger partial charge on any atom is -0.494 e. The third kappa shape index (κ3) is 3.96. The van der Waals surface area contributed by atoms with E-state index in [1.54, 1.807) is 0 Å². The molecule has 104 valence electrons. The average Bonchev–Trinajstić information content (AvgIpc) is 2.48. The van der Waals surface area contributed by atoms with E-state index in [1.165, 1.54) is 0 Å². The first-order valence-electron chi connectivity index (χ1n) is 7.04. The van der Waals surface area contributed by atoms with Gasteiger partial charge in [0.05, 0.1) is 6.61 Å². The van der Waals surface area contributed by atoms with Crippen molar-refractivity contribution in [1.82, 2.24) is 10.2 Å². The smallest absolute Gasteiger partial charge is 0.253 e. The molecule has 0 spiro atoms. The number of carbonyl (C=O) groups excluding carboxylic acids is 1. The van der Waals surface area contributed by atoms with Crippen molar-refractivity contribution < 1.29 is 9.53 Å². The van der Waals surface area contributed by atoms with Crippen LogP contribution in [-0.4, -0.2) is 43.6 Å². The molecule has 1 N–H and O–H groups in total. The molecule has 0 aliphatic carbocycles. The monoisotopic (exact) mass is 262 g/mol. The number of benzene rings is 1. The Balaban J connectivity index is 1.91. The molecule has 1 heterocycles. The Morgan fingerprint density at radius 3 is 2.58 bits per heavy atom. The average molecular weight is 262 g/mol. The van der Waals surface area contributed by atoms with Gasteiger partial charge in [0.25, 0.3) is 5.91 Å². The topological polar surface area (TPSA) is 41.6 Å². The van der Waals surface area contributed by atoms with Crippen molar-refractivity contribution in [3.05, 3.63) is 29.8 Å². The summed E-state index contributed by atoms with van der Waals surface area (Å²) < 4.78 is 5.59. The Labute approximate surface area is 114 Å². The van der Waals surface area contributed by atoms with Gasteiger partial charge in [0.1, 0.15) is 5.75 Å². The summed E-state index contributed by atoms with van der Waals surface area (Å²) in [5, 5.41) is 3.24. The number of amides is 1. The van der Waals surface area contributed by atoms with Gasteiger partial charge in [-0.25, -0.2) is 0 Å². The summed E-state index contributed by atoms with van der Waals surface area (Å²) in [6.45, 7) is 6.20. The normalized spacial score (nSPS) is 15.3. The number of ether oxygens (including phenoxy) is 1. The highest BCUT2D eigenvalue weighted by Gasteiger charge is 2.17. The molecule has 1 aromatic carbocycles. The maximum Gasteiger partial charge on any atom is 0.253 e. The zero-order chi connectivity index (χ0) is 13.5. The van der Waals surface area contributed by atoms with Crippen LogP contribution in [0.4, 0.5) is 0 Å². The van der Waals surface area contributed by atoms with E-state index >= 15 is 0 Å². The first-order valence-corrected chi connectivity index (χ1v) is 7.04. The number of rotatable bonds is 5. The molecule has 1 amide bonds. The van der Waals surface area contributed by atoms with Gasteiger partial charge in [0.2, 0.25) is 0 Å². The van der Waals surface area contributed by atoms with Crippen LogP contribution in [0.5, 0.6) is 5.75 Å². The molecule has 0 saturated carbocycles. The molecular weight excluding hydrogens is 240 g/mol. The Morgan fingerprint density at radius 2 is 1.95 bits per heavy atom. The van der Waals surface area contributed by atoms with Crippen LogP contribution in [0.3, 0.4) is 0 Å². The minimum atomic E-state index is 0.113. The van der Waals surface area contributed by atoms with Crippen LogP contribution in [0.25, 0.3) is 0 Å². The first-order chi connectivity index (χ1) is 9.31. The fraction of sp³-hybridized carbons (Fsp3) is 0.533. The van der Waals surface area contributed by atoms with Crippen molar-refractivity contribution in [3.8, 4) is 5.75 Å². The number of nitrogens with one attached hydrogen (secondary N) is 1. The predicted octanol–water partition coefficient (Wildman–Crippen LogP) is 1.91. The highest BCUT2D eigenvalue weighted by molar-refractivity contribution is 5.94. The summed E-state index contributed by atoms with van der Waals surface area (Å²) in [5.74, 6) is 0.951. The predicted molar refractivity (Wildman–Crippen MR) is 75.6 cm³/mol. The van der Waals surface area contributed by atoms with Gasteiger partial charge < -0.3 is 15.0 Å². The molecule has 0 atom stereocenters. The Bertz CT molecular complexity index is 397. The molecule has 4 heteroatoms. The fourth-order valence-corrected chi connectivity index (χ4v) is 2.08. The third-order valence-corrected chi connectivity index (χ3v) is 3.27. The van der Waals surface area contributed by atoms with Gasteiger partial charge in [-0.05, 0) is 30.7 Å². The van der Waals surface area contributed by atoms with E-state index in [-0.39, 0.29) is 5.91 Å². The maximum atomic E-state index is 12.2. The summed E-state index contributed by atoms with van der Waals surface area (Å²) in [5.41, 5.74) is 0.741. The standard InChI is InChI=1S/C15H22N2O2/c1-2-3-12-19-14-6-4-13(5-7-14)15(18)17-10-8-16-9-11-17/h4-7,16H,2-3,8-12H2,1H3. The van der Waals surface area contributed by atoms with Crippen LogP contribution in [0.1, 0.15) is 30.1 Å². The Hall–Kier alpha value is -1.55. The van der Waals surface area contributed by atoms with Crippen molar-refractivity contribution in [2.24, 2.45) is 0 Å². The van der Waals surface area contributed by atoms with E-state index in [9.17, 15) is 4.79 Å². The molecule has 0 aromatic heterocycles. The molecule has 4 nitrogen and oxygen atoms in total. The number of hydrogen-bond acceptors (Lipinski definition) is 3. The number of hydrogen-bond donors (Lipinski definition) is 1. The molecule has 2 rings (SSSR count). The van der Waals surface area contributed by atoms with Gasteiger partial charge >= 0.3 is 0 Å². The molecule has 0 radical (unpaired) electrons. The van der Waals surface area contributed by atoms with Crippen LogP contribution < -0.4 is 10.1 Å². The molecule has 19 heavy (non-hydrogen) atoms. The highest BCUT2D eigenvalue weighted by Crippen LogP contribution is 2.14. The van der Waals surface area contributed by atoms with Crippen molar-refractivity contribution in [2.45, 2.75) is 19.8 Å². The first kappa shape index (κ1) is 13.9. The van der Waals surface area contributed by atoms with E-state index in [0.717, 1.165) is 56.9 Å². The molecule has 1 aromatic rings. The molecule has 1 aliphatic heterocycles. The fourth-order valence-electron chi connectivity index (χ4n) is 2.08. The lowest BCUT2D eigenvalue weighted by Gasteiger charge is -2.27. The van der Waals surface area contributed by atoms with Crippen LogP contribution in [0.2, 0.25) is 0 Å². The van der Waals surface area contributed by atoms with Gasteiger partial charge in [0.15, 0.2) is 0 Å². The summed E-state index contributed by atoms with van der Waals surface area (Å²) in [6, 6.07) is 7.47. The lowest BCUT2D eigenvalue weighted by atomic mass is 10.2. The van der Waals surface area contributed by atoms with Gasteiger partial charge in [-0.15, -0.1) is 0 Å². The Morgan fingerprint density at radius 1 is 1.26 bits per heavy atom. The second-order valence-corrected chi connectivity index (χ2v) is 4.77.